The Balaban J connectivity index is 1.63. The lowest BCUT2D eigenvalue weighted by Crippen LogP contribution is -2.18. The van der Waals surface area contributed by atoms with Gasteiger partial charge in [0.1, 0.15) is 6.61 Å². The van der Waals surface area contributed by atoms with E-state index in [0.29, 0.717) is 13.2 Å². The fraction of sp³-hybridized carbons (Fsp3) is 0.280. The van der Waals surface area contributed by atoms with Gasteiger partial charge in [-0.25, -0.2) is 0 Å². The van der Waals surface area contributed by atoms with Gasteiger partial charge in [0.2, 0.25) is 0 Å². The van der Waals surface area contributed by atoms with Crippen LogP contribution in [0.1, 0.15) is 42.1 Å². The standard InChI is InChI=1S/C25H29NO2/c1-4-27-25-16-22(17-26-20(3)23-8-6-5-7-9-23)14-15-24(25)28-18-21-12-10-19(2)11-13-21/h5-16,20,26H,4,17-18H2,1-3H3/t20-/m1/s1. The van der Waals surface area contributed by atoms with Gasteiger partial charge in [0, 0.05) is 12.6 Å². The molecular formula is C25H29NO2. The van der Waals surface area contributed by atoms with E-state index in [4.69, 9.17) is 9.47 Å². The number of ether oxygens (including phenoxy) is 2. The molecule has 0 amide bonds. The maximum absolute atomic E-state index is 6.02. The number of rotatable bonds is 9. The van der Waals surface area contributed by atoms with Gasteiger partial charge in [-0.15, -0.1) is 0 Å². The van der Waals surface area contributed by atoms with E-state index in [9.17, 15) is 0 Å². The van der Waals surface area contributed by atoms with Crippen LogP contribution in [0.3, 0.4) is 0 Å². The maximum Gasteiger partial charge on any atom is 0.161 e. The van der Waals surface area contributed by atoms with E-state index < -0.39 is 0 Å². The van der Waals surface area contributed by atoms with Crippen LogP contribution in [0.5, 0.6) is 11.5 Å². The van der Waals surface area contributed by atoms with Gasteiger partial charge in [-0.1, -0.05) is 66.2 Å². The van der Waals surface area contributed by atoms with Crippen LogP contribution < -0.4 is 14.8 Å². The van der Waals surface area contributed by atoms with Crippen molar-refractivity contribution in [3.8, 4) is 11.5 Å². The van der Waals surface area contributed by atoms with Gasteiger partial charge >= 0.3 is 0 Å². The lowest BCUT2D eigenvalue weighted by molar-refractivity contribution is 0.269. The highest BCUT2D eigenvalue weighted by Crippen LogP contribution is 2.29. The molecule has 0 bridgehead atoms. The molecule has 1 N–H and O–H groups in total. The van der Waals surface area contributed by atoms with Crippen molar-refractivity contribution in [2.45, 2.75) is 40.0 Å². The fourth-order valence-corrected chi connectivity index (χ4v) is 3.03. The highest BCUT2D eigenvalue weighted by atomic mass is 16.5. The normalized spacial score (nSPS) is 11.8. The molecule has 3 aromatic rings. The second-order valence-corrected chi connectivity index (χ2v) is 7.00. The van der Waals surface area contributed by atoms with Crippen LogP contribution in [0.15, 0.2) is 72.8 Å². The van der Waals surface area contributed by atoms with Gasteiger partial charge in [-0.05, 0) is 49.6 Å². The average Bonchev–Trinajstić information content (AvgIpc) is 2.73. The molecule has 3 nitrogen and oxygen atoms in total. The third-order valence-electron chi connectivity index (χ3n) is 4.73. The van der Waals surface area contributed by atoms with Crippen LogP contribution in [0.2, 0.25) is 0 Å². The van der Waals surface area contributed by atoms with Crippen molar-refractivity contribution in [3.63, 3.8) is 0 Å². The van der Waals surface area contributed by atoms with Crippen molar-refractivity contribution >= 4 is 0 Å². The SMILES string of the molecule is CCOc1cc(CN[C@H](C)c2ccccc2)ccc1OCc1ccc(C)cc1. The summed E-state index contributed by atoms with van der Waals surface area (Å²) in [6.07, 6.45) is 0. The lowest BCUT2D eigenvalue weighted by atomic mass is 10.1. The minimum Gasteiger partial charge on any atom is -0.490 e. The minimum atomic E-state index is 0.286. The van der Waals surface area contributed by atoms with E-state index in [1.165, 1.54) is 16.7 Å². The first-order valence-electron chi connectivity index (χ1n) is 9.88. The summed E-state index contributed by atoms with van der Waals surface area (Å²) in [7, 11) is 0. The molecule has 0 aliphatic heterocycles. The molecule has 0 saturated heterocycles. The van der Waals surface area contributed by atoms with Gasteiger partial charge in [0.15, 0.2) is 11.5 Å². The Morgan fingerprint density at radius 3 is 2.25 bits per heavy atom. The summed E-state index contributed by atoms with van der Waals surface area (Å²) in [5.74, 6) is 1.57. The summed E-state index contributed by atoms with van der Waals surface area (Å²) in [4.78, 5) is 0. The summed E-state index contributed by atoms with van der Waals surface area (Å²) < 4.78 is 11.8. The molecule has 28 heavy (non-hydrogen) atoms. The van der Waals surface area contributed by atoms with Crippen molar-refractivity contribution in [1.29, 1.82) is 0 Å². The molecule has 3 aromatic carbocycles. The molecule has 0 saturated carbocycles. The highest BCUT2D eigenvalue weighted by Gasteiger charge is 2.09. The number of nitrogens with one attached hydrogen (secondary N) is 1. The molecule has 146 valence electrons. The fourth-order valence-electron chi connectivity index (χ4n) is 3.03. The summed E-state index contributed by atoms with van der Waals surface area (Å²) in [6.45, 7) is 8.17. The molecular weight excluding hydrogens is 346 g/mol. The third-order valence-corrected chi connectivity index (χ3v) is 4.73. The van der Waals surface area contributed by atoms with Crippen LogP contribution in [-0.2, 0) is 13.2 Å². The highest BCUT2D eigenvalue weighted by molar-refractivity contribution is 5.43. The van der Waals surface area contributed by atoms with Gasteiger partial charge in [0.25, 0.3) is 0 Å². The molecule has 3 rings (SSSR count). The predicted molar refractivity (Wildman–Crippen MR) is 115 cm³/mol. The summed E-state index contributed by atoms with van der Waals surface area (Å²) in [5, 5.41) is 3.57. The topological polar surface area (TPSA) is 30.5 Å². The summed E-state index contributed by atoms with van der Waals surface area (Å²) in [5.41, 5.74) is 4.86. The van der Waals surface area contributed by atoms with E-state index in [1.807, 2.05) is 19.1 Å². The first kappa shape index (κ1) is 20.0. The van der Waals surface area contributed by atoms with Crippen molar-refractivity contribution in [2.75, 3.05) is 6.61 Å². The van der Waals surface area contributed by atoms with Crippen molar-refractivity contribution in [1.82, 2.24) is 5.32 Å². The Morgan fingerprint density at radius 1 is 0.821 bits per heavy atom. The van der Waals surface area contributed by atoms with Crippen LogP contribution in [-0.4, -0.2) is 6.61 Å². The van der Waals surface area contributed by atoms with Gasteiger partial charge < -0.3 is 14.8 Å². The summed E-state index contributed by atoms with van der Waals surface area (Å²) >= 11 is 0. The zero-order valence-electron chi connectivity index (χ0n) is 16.9. The average molecular weight is 376 g/mol. The first-order valence-corrected chi connectivity index (χ1v) is 9.88. The van der Waals surface area contributed by atoms with Gasteiger partial charge in [-0.3, -0.25) is 0 Å². The van der Waals surface area contributed by atoms with E-state index in [1.54, 1.807) is 0 Å². The molecule has 0 fully saturated rings. The lowest BCUT2D eigenvalue weighted by Gasteiger charge is -2.16. The second-order valence-electron chi connectivity index (χ2n) is 7.00. The molecule has 0 spiro atoms. The zero-order valence-corrected chi connectivity index (χ0v) is 16.9. The quantitative estimate of drug-likeness (QED) is 0.511. The first-order chi connectivity index (χ1) is 13.7. The van der Waals surface area contributed by atoms with Crippen molar-refractivity contribution < 1.29 is 9.47 Å². The Morgan fingerprint density at radius 2 is 1.54 bits per heavy atom. The molecule has 0 aliphatic rings. The van der Waals surface area contributed by atoms with E-state index >= 15 is 0 Å². The number of aryl methyl sites for hydroxylation is 1. The Labute approximate surface area is 168 Å². The van der Waals surface area contributed by atoms with Gasteiger partial charge in [-0.2, -0.15) is 0 Å². The van der Waals surface area contributed by atoms with E-state index in [0.717, 1.165) is 23.6 Å². The van der Waals surface area contributed by atoms with Crippen molar-refractivity contribution in [3.05, 3.63) is 95.1 Å². The molecule has 0 aromatic heterocycles. The van der Waals surface area contributed by atoms with Crippen LogP contribution >= 0.6 is 0 Å². The molecule has 1 atom stereocenters. The molecule has 0 heterocycles. The number of hydrogen-bond donors (Lipinski definition) is 1. The predicted octanol–water partition coefficient (Wildman–Crippen LogP) is 5.82. The Hall–Kier alpha value is -2.78. The maximum atomic E-state index is 6.02. The third kappa shape index (κ3) is 5.61. The van der Waals surface area contributed by atoms with Crippen molar-refractivity contribution in [2.24, 2.45) is 0 Å². The molecule has 0 aliphatic carbocycles. The molecule has 3 heteroatoms. The Bertz CT molecular complexity index is 859. The van der Waals surface area contributed by atoms with Crippen LogP contribution in [0, 0.1) is 6.92 Å². The summed E-state index contributed by atoms with van der Waals surface area (Å²) in [6, 6.07) is 25.3. The monoisotopic (exact) mass is 375 g/mol. The zero-order chi connectivity index (χ0) is 19.8. The van der Waals surface area contributed by atoms with Crippen LogP contribution in [0.4, 0.5) is 0 Å². The van der Waals surface area contributed by atoms with Crippen LogP contribution in [0.25, 0.3) is 0 Å². The second kappa shape index (κ2) is 9.95. The Kier molecular flexibility index (Phi) is 7.10. The molecule has 0 radical (unpaired) electrons. The van der Waals surface area contributed by atoms with Gasteiger partial charge in [0.05, 0.1) is 6.61 Å². The molecule has 0 unspecified atom stereocenters. The minimum absolute atomic E-state index is 0.286. The largest absolute Gasteiger partial charge is 0.490 e. The van der Waals surface area contributed by atoms with E-state index in [2.05, 4.69) is 79.8 Å². The van der Waals surface area contributed by atoms with E-state index in [-0.39, 0.29) is 6.04 Å². The smallest absolute Gasteiger partial charge is 0.161 e. The number of hydrogen-bond acceptors (Lipinski definition) is 3. The number of benzene rings is 3.